The minimum absolute atomic E-state index is 0.142. The first kappa shape index (κ1) is 22.7. The number of hydrogen-bond acceptors (Lipinski definition) is 7. The van der Waals surface area contributed by atoms with E-state index in [1.54, 1.807) is 24.3 Å². The predicted octanol–water partition coefficient (Wildman–Crippen LogP) is 3.75. The van der Waals surface area contributed by atoms with Gasteiger partial charge in [-0.15, -0.1) is 0 Å². The number of piperidine rings is 1. The van der Waals surface area contributed by atoms with E-state index in [0.717, 1.165) is 44.6 Å². The molecule has 2 aromatic carbocycles. The van der Waals surface area contributed by atoms with Crippen LogP contribution in [0.2, 0.25) is 0 Å². The van der Waals surface area contributed by atoms with E-state index in [4.69, 9.17) is 9.47 Å². The smallest absolute Gasteiger partial charge is 0.321 e. The van der Waals surface area contributed by atoms with E-state index in [2.05, 4.69) is 20.2 Å². The number of hydrogen-bond donors (Lipinski definition) is 2. The van der Waals surface area contributed by atoms with Crippen molar-refractivity contribution < 1.29 is 19.4 Å². The van der Waals surface area contributed by atoms with E-state index < -0.39 is 0 Å². The molecule has 0 saturated carbocycles. The zero-order chi connectivity index (χ0) is 22.9. The van der Waals surface area contributed by atoms with Gasteiger partial charge in [0.15, 0.2) is 0 Å². The fourth-order valence-corrected chi connectivity index (χ4v) is 3.54. The number of amides is 1. The molecule has 0 radical (unpaired) electrons. The molecule has 8 nitrogen and oxygen atoms in total. The maximum atomic E-state index is 12.5. The lowest BCUT2D eigenvalue weighted by molar-refractivity contribution is 0.0800. The zero-order valence-corrected chi connectivity index (χ0v) is 18.4. The molecule has 2 N–H and O–H groups in total. The lowest BCUT2D eigenvalue weighted by Gasteiger charge is -2.29. The van der Waals surface area contributed by atoms with Gasteiger partial charge in [-0.2, -0.15) is 0 Å². The van der Waals surface area contributed by atoms with Crippen molar-refractivity contribution in [2.75, 3.05) is 31.6 Å². The second-order valence-corrected chi connectivity index (χ2v) is 7.92. The van der Waals surface area contributed by atoms with Crippen molar-refractivity contribution in [3.8, 4) is 17.5 Å². The number of nitrogens with zero attached hydrogens (tertiary/aromatic N) is 3. The van der Waals surface area contributed by atoms with Crippen LogP contribution >= 0.6 is 0 Å². The quantitative estimate of drug-likeness (QED) is 0.481. The molecule has 172 valence electrons. The van der Waals surface area contributed by atoms with Gasteiger partial charge >= 0.3 is 6.01 Å². The number of likely N-dealkylation sites (tertiary alicyclic amines) is 1. The molecule has 0 spiro atoms. The Bertz CT molecular complexity index is 1000. The molecule has 0 aliphatic carbocycles. The second-order valence-electron chi connectivity index (χ2n) is 7.92. The number of nitrogens with one attached hydrogen (secondary N) is 1. The summed E-state index contributed by atoms with van der Waals surface area (Å²) >= 11 is 0. The summed E-state index contributed by atoms with van der Waals surface area (Å²) in [6.45, 7) is 3.49. The Balaban J connectivity index is 1.20. The standard InChI is InChI=1S/C25H28N4O4/c30-21-11-14-29(15-12-21)13-4-16-32-22-9-7-20(8-10-22)28-24(31)19-17-26-25(27-18-19)33-23-5-2-1-3-6-23/h1-3,5-10,17-18,21,30H,4,11-16H2,(H,28,31). The van der Waals surface area contributed by atoms with E-state index in [1.165, 1.54) is 12.4 Å². The van der Waals surface area contributed by atoms with Crippen molar-refractivity contribution in [1.82, 2.24) is 14.9 Å². The third-order valence-electron chi connectivity index (χ3n) is 5.40. The maximum absolute atomic E-state index is 12.5. The summed E-state index contributed by atoms with van der Waals surface area (Å²) < 4.78 is 11.3. The molecular weight excluding hydrogens is 420 g/mol. The molecule has 1 saturated heterocycles. The van der Waals surface area contributed by atoms with Crippen LogP contribution in [-0.2, 0) is 0 Å². The molecule has 1 fully saturated rings. The number of carbonyl (C=O) groups excluding carboxylic acids is 1. The number of aliphatic hydroxyl groups is 1. The summed E-state index contributed by atoms with van der Waals surface area (Å²) in [7, 11) is 0. The number of aliphatic hydroxyl groups excluding tert-OH is 1. The van der Waals surface area contributed by atoms with Crippen LogP contribution in [0.25, 0.3) is 0 Å². The molecule has 1 aliphatic heterocycles. The number of aromatic nitrogens is 2. The lowest BCUT2D eigenvalue weighted by atomic mass is 10.1. The topological polar surface area (TPSA) is 96.8 Å². The Hall–Kier alpha value is -3.49. The highest BCUT2D eigenvalue weighted by Crippen LogP contribution is 2.19. The van der Waals surface area contributed by atoms with Crippen LogP contribution in [-0.4, -0.2) is 58.2 Å². The van der Waals surface area contributed by atoms with Gasteiger partial charge in [0.1, 0.15) is 11.5 Å². The van der Waals surface area contributed by atoms with Crippen LogP contribution in [0.3, 0.4) is 0 Å². The molecule has 1 aromatic heterocycles. The highest BCUT2D eigenvalue weighted by atomic mass is 16.5. The van der Waals surface area contributed by atoms with Crippen molar-refractivity contribution in [1.29, 1.82) is 0 Å². The minimum Gasteiger partial charge on any atom is -0.494 e. The third-order valence-corrected chi connectivity index (χ3v) is 5.40. The number of anilines is 1. The summed E-state index contributed by atoms with van der Waals surface area (Å²) in [5.41, 5.74) is 0.991. The van der Waals surface area contributed by atoms with Crippen molar-refractivity contribution in [2.45, 2.75) is 25.4 Å². The Morgan fingerprint density at radius 2 is 1.70 bits per heavy atom. The number of benzene rings is 2. The van der Waals surface area contributed by atoms with Crippen LogP contribution in [0.15, 0.2) is 67.0 Å². The molecule has 33 heavy (non-hydrogen) atoms. The Labute approximate surface area is 193 Å². The van der Waals surface area contributed by atoms with Gasteiger partial charge in [-0.1, -0.05) is 18.2 Å². The van der Waals surface area contributed by atoms with Gasteiger partial charge < -0.3 is 24.8 Å². The van der Waals surface area contributed by atoms with Gasteiger partial charge in [-0.3, -0.25) is 4.79 Å². The number of ether oxygens (including phenoxy) is 2. The van der Waals surface area contributed by atoms with E-state index in [-0.39, 0.29) is 18.0 Å². The monoisotopic (exact) mass is 448 g/mol. The van der Waals surface area contributed by atoms with Crippen LogP contribution < -0.4 is 14.8 Å². The van der Waals surface area contributed by atoms with Crippen LogP contribution in [0.1, 0.15) is 29.6 Å². The van der Waals surface area contributed by atoms with Gasteiger partial charge in [-0.05, 0) is 55.7 Å². The molecule has 1 amide bonds. The molecule has 0 bridgehead atoms. The Morgan fingerprint density at radius 3 is 2.39 bits per heavy atom. The van der Waals surface area contributed by atoms with Gasteiger partial charge in [0.05, 0.1) is 18.3 Å². The fraction of sp³-hybridized carbons (Fsp3) is 0.320. The summed E-state index contributed by atoms with van der Waals surface area (Å²) in [5.74, 6) is 1.08. The number of rotatable bonds is 9. The largest absolute Gasteiger partial charge is 0.494 e. The van der Waals surface area contributed by atoms with Crippen molar-refractivity contribution >= 4 is 11.6 Å². The first-order valence-electron chi connectivity index (χ1n) is 11.2. The first-order valence-corrected chi connectivity index (χ1v) is 11.2. The Kier molecular flexibility index (Phi) is 7.84. The number of carbonyl (C=O) groups is 1. The average Bonchev–Trinajstić information content (AvgIpc) is 2.85. The average molecular weight is 449 g/mol. The second kappa shape index (κ2) is 11.4. The Morgan fingerprint density at radius 1 is 1.00 bits per heavy atom. The van der Waals surface area contributed by atoms with Gasteiger partial charge in [0.25, 0.3) is 5.91 Å². The van der Waals surface area contributed by atoms with Crippen LogP contribution in [0.5, 0.6) is 17.5 Å². The van der Waals surface area contributed by atoms with E-state index in [1.807, 2.05) is 30.3 Å². The van der Waals surface area contributed by atoms with Crippen molar-refractivity contribution in [2.24, 2.45) is 0 Å². The highest BCUT2D eigenvalue weighted by molar-refractivity contribution is 6.03. The molecule has 1 aliphatic rings. The summed E-state index contributed by atoms with van der Waals surface area (Å²) in [4.78, 5) is 23.0. The first-order chi connectivity index (χ1) is 16.2. The van der Waals surface area contributed by atoms with Crippen molar-refractivity contribution in [3.63, 3.8) is 0 Å². The maximum Gasteiger partial charge on any atom is 0.321 e. The van der Waals surface area contributed by atoms with Crippen LogP contribution in [0.4, 0.5) is 5.69 Å². The van der Waals surface area contributed by atoms with Gasteiger partial charge in [0, 0.05) is 37.7 Å². The van der Waals surface area contributed by atoms with E-state index >= 15 is 0 Å². The number of para-hydroxylation sites is 1. The van der Waals surface area contributed by atoms with Crippen molar-refractivity contribution in [3.05, 3.63) is 72.6 Å². The van der Waals surface area contributed by atoms with Gasteiger partial charge in [-0.25, -0.2) is 9.97 Å². The molecule has 8 heteroatoms. The van der Waals surface area contributed by atoms with Crippen LogP contribution in [0, 0.1) is 0 Å². The molecule has 0 atom stereocenters. The molecular formula is C25H28N4O4. The normalized spacial score (nSPS) is 14.6. The highest BCUT2D eigenvalue weighted by Gasteiger charge is 2.16. The molecule has 0 unspecified atom stereocenters. The molecule has 4 rings (SSSR count). The summed E-state index contributed by atoms with van der Waals surface area (Å²) in [6, 6.07) is 16.7. The summed E-state index contributed by atoms with van der Waals surface area (Å²) in [6.07, 6.45) is 5.36. The van der Waals surface area contributed by atoms with Gasteiger partial charge in [0.2, 0.25) is 0 Å². The predicted molar refractivity (Wildman–Crippen MR) is 125 cm³/mol. The molecule has 2 heterocycles. The zero-order valence-electron chi connectivity index (χ0n) is 18.4. The van der Waals surface area contributed by atoms with E-state index in [0.29, 0.717) is 23.6 Å². The third kappa shape index (κ3) is 7.00. The lowest BCUT2D eigenvalue weighted by Crippen LogP contribution is -2.36. The molecule has 3 aromatic rings. The fourth-order valence-electron chi connectivity index (χ4n) is 3.54. The summed E-state index contributed by atoms with van der Waals surface area (Å²) in [5, 5.41) is 12.4. The minimum atomic E-state index is -0.304. The van der Waals surface area contributed by atoms with E-state index in [9.17, 15) is 9.90 Å². The SMILES string of the molecule is O=C(Nc1ccc(OCCCN2CCC(O)CC2)cc1)c1cnc(Oc2ccccc2)nc1.